The van der Waals surface area contributed by atoms with Gasteiger partial charge >= 0.3 is 5.97 Å². The van der Waals surface area contributed by atoms with Crippen LogP contribution < -0.4 is 5.73 Å². The molecule has 0 aliphatic carbocycles. The molecule has 2 aromatic rings. The summed E-state index contributed by atoms with van der Waals surface area (Å²) in [6.45, 7) is 3.55. The molecule has 0 unspecified atom stereocenters. The smallest absolute Gasteiger partial charge is 0.360 e. The lowest BCUT2D eigenvalue weighted by Gasteiger charge is -2.32. The Hall–Kier alpha value is -3.13. The number of nitrogens with two attached hydrogens (primary N) is 1. The van der Waals surface area contributed by atoms with E-state index in [1.54, 1.807) is 19.9 Å². The summed E-state index contributed by atoms with van der Waals surface area (Å²) in [6, 6.07) is 12.1. The Balaban J connectivity index is 2.28. The van der Waals surface area contributed by atoms with Crippen LogP contribution in [-0.2, 0) is 20.9 Å². The van der Waals surface area contributed by atoms with Gasteiger partial charge < -0.3 is 15.2 Å². The normalized spacial score (nSPS) is 15.3. The van der Waals surface area contributed by atoms with Gasteiger partial charge in [0.1, 0.15) is 18.3 Å². The van der Waals surface area contributed by atoms with E-state index in [1.807, 2.05) is 30.3 Å². The number of carbonyl (C=O) groups excluding carboxylic acids is 1. The molecule has 0 bridgehead atoms. The van der Waals surface area contributed by atoms with Gasteiger partial charge in [0.05, 0.1) is 12.8 Å². The number of rotatable bonds is 5. The van der Waals surface area contributed by atoms with E-state index in [2.05, 4.69) is 21.0 Å². The fourth-order valence-electron chi connectivity index (χ4n) is 3.14. The number of hydrogen-bond donors (Lipinski definition) is 1. The van der Waals surface area contributed by atoms with Crippen LogP contribution in [0, 0.1) is 5.82 Å². The molecule has 0 spiro atoms. The number of ether oxygens (including phenoxy) is 2. The third kappa shape index (κ3) is 4.23. The molecule has 0 saturated heterocycles. The molecule has 1 aliphatic rings. The zero-order valence-corrected chi connectivity index (χ0v) is 18.4. The lowest BCUT2D eigenvalue weighted by atomic mass is 9.96. The van der Waals surface area contributed by atoms with Crippen LogP contribution in [0.5, 0.6) is 0 Å². The second-order valence-corrected chi connectivity index (χ2v) is 7.34. The van der Waals surface area contributed by atoms with Gasteiger partial charge in [0.25, 0.3) is 0 Å². The van der Waals surface area contributed by atoms with Gasteiger partial charge in [-0.1, -0.05) is 36.4 Å². The molecule has 8 heteroatoms. The first-order valence-corrected chi connectivity index (χ1v) is 9.92. The van der Waals surface area contributed by atoms with Crippen molar-refractivity contribution in [3.05, 3.63) is 81.2 Å². The minimum atomic E-state index is -0.687. The van der Waals surface area contributed by atoms with Gasteiger partial charge in [-0.3, -0.25) is 0 Å². The van der Waals surface area contributed by atoms with E-state index >= 15 is 0 Å². The maximum Gasteiger partial charge on any atom is 0.360 e. The summed E-state index contributed by atoms with van der Waals surface area (Å²) < 4.78 is 25.9. The van der Waals surface area contributed by atoms with E-state index in [1.165, 1.54) is 24.3 Å². The number of nitrogens with zero attached hydrogens (tertiary/aromatic N) is 2. The van der Waals surface area contributed by atoms with Crippen molar-refractivity contribution in [2.45, 2.75) is 20.5 Å². The number of hydrogen-bond acceptors (Lipinski definition) is 5. The number of fused-ring (bicyclic) bond motifs is 1. The van der Waals surface area contributed by atoms with Gasteiger partial charge in [0, 0.05) is 15.6 Å². The Morgan fingerprint density at radius 3 is 2.60 bits per heavy atom. The summed E-state index contributed by atoms with van der Waals surface area (Å²) in [7, 11) is 1.26. The number of esters is 1. The molecule has 0 aromatic heterocycles. The number of amidine groups is 1. The molecule has 3 rings (SSSR count). The van der Waals surface area contributed by atoms with Crippen LogP contribution in [0.2, 0.25) is 0 Å². The lowest BCUT2D eigenvalue weighted by molar-refractivity contribution is -0.137. The molecule has 0 fully saturated rings. The molecular weight excluding hydrogens is 453 g/mol. The third-order valence-corrected chi connectivity index (χ3v) is 4.97. The van der Waals surface area contributed by atoms with Crippen LogP contribution >= 0.6 is 15.9 Å². The van der Waals surface area contributed by atoms with E-state index in [-0.39, 0.29) is 23.9 Å². The van der Waals surface area contributed by atoms with Crippen LogP contribution in [0.4, 0.5) is 4.39 Å². The fourth-order valence-corrected chi connectivity index (χ4v) is 3.78. The first-order valence-electron chi connectivity index (χ1n) is 9.13. The zero-order valence-electron chi connectivity index (χ0n) is 16.8. The monoisotopic (exact) mass is 473 g/mol. The van der Waals surface area contributed by atoms with Crippen molar-refractivity contribution < 1.29 is 18.7 Å². The topological polar surface area (TPSA) is 77.2 Å². The summed E-state index contributed by atoms with van der Waals surface area (Å²) in [4.78, 5) is 12.8. The predicted molar refractivity (Wildman–Crippen MR) is 117 cm³/mol. The Bertz CT molecular complexity index is 1060. The highest BCUT2D eigenvalue weighted by Crippen LogP contribution is 2.43. The highest BCUT2D eigenvalue weighted by molar-refractivity contribution is 9.10. The van der Waals surface area contributed by atoms with Crippen LogP contribution in [0.3, 0.4) is 0 Å². The summed E-state index contributed by atoms with van der Waals surface area (Å²) in [5.41, 5.74) is 8.29. The van der Waals surface area contributed by atoms with Gasteiger partial charge in [-0.2, -0.15) is 5.10 Å². The Morgan fingerprint density at radius 1 is 1.30 bits per heavy atom. The van der Waals surface area contributed by atoms with Crippen molar-refractivity contribution in [3.63, 3.8) is 0 Å². The van der Waals surface area contributed by atoms with Crippen molar-refractivity contribution >= 4 is 39.2 Å². The first-order chi connectivity index (χ1) is 14.4. The molecule has 1 aliphatic heterocycles. The lowest BCUT2D eigenvalue weighted by Crippen LogP contribution is -2.31. The maximum atomic E-state index is 14.3. The minimum Gasteiger partial charge on any atom is -0.486 e. The van der Waals surface area contributed by atoms with Crippen molar-refractivity contribution in [2.24, 2.45) is 10.8 Å². The molecule has 0 amide bonds. The van der Waals surface area contributed by atoms with Crippen molar-refractivity contribution in [2.75, 3.05) is 7.11 Å². The quantitative estimate of drug-likeness (QED) is 0.389. The number of carbonyl (C=O) groups is 1. The molecule has 0 atom stereocenters. The maximum absolute atomic E-state index is 14.3. The molecule has 156 valence electrons. The first kappa shape index (κ1) is 21.6. The molecule has 0 saturated carbocycles. The highest BCUT2D eigenvalue weighted by Gasteiger charge is 2.37. The number of halogens is 2. The molecule has 1 heterocycles. The van der Waals surface area contributed by atoms with E-state index < -0.39 is 11.8 Å². The summed E-state index contributed by atoms with van der Waals surface area (Å²) in [5, 5.41) is 5.68. The highest BCUT2D eigenvalue weighted by atomic mass is 79.9. The SMILES string of the molecule is C/C=C1\c2c(Br)cc(F)cc2C(OCc2ccccc2)=C(C(=O)OC)N1/N=C(\C)N. The van der Waals surface area contributed by atoms with Gasteiger partial charge in [0.2, 0.25) is 0 Å². The van der Waals surface area contributed by atoms with Crippen LogP contribution in [0.15, 0.2) is 63.8 Å². The molecule has 2 aromatic carbocycles. The van der Waals surface area contributed by atoms with Crippen molar-refractivity contribution in [1.82, 2.24) is 5.01 Å². The summed E-state index contributed by atoms with van der Waals surface area (Å²) in [6.07, 6.45) is 1.75. The second-order valence-electron chi connectivity index (χ2n) is 6.48. The van der Waals surface area contributed by atoms with Gasteiger partial charge in [-0.25, -0.2) is 14.2 Å². The van der Waals surface area contributed by atoms with Crippen LogP contribution in [-0.4, -0.2) is 23.9 Å². The number of methoxy groups -OCH3 is 1. The van der Waals surface area contributed by atoms with Crippen LogP contribution in [0.1, 0.15) is 30.5 Å². The Kier molecular flexibility index (Phi) is 6.56. The summed E-state index contributed by atoms with van der Waals surface area (Å²) >= 11 is 3.42. The van der Waals surface area contributed by atoms with Crippen LogP contribution in [0.25, 0.3) is 11.5 Å². The van der Waals surface area contributed by atoms with Gasteiger partial charge in [-0.05, 0) is 47.5 Å². The average Bonchev–Trinajstić information content (AvgIpc) is 2.72. The van der Waals surface area contributed by atoms with E-state index in [9.17, 15) is 9.18 Å². The molecule has 30 heavy (non-hydrogen) atoms. The standard InChI is InChI=1S/C22H21BrFN3O3/c1-4-18-19-16(10-15(24)11-17(19)23)21(30-12-14-8-6-5-7-9-14)20(22(28)29-3)27(18)26-13(2)25/h4-11H,12H2,1-3H3,(H2,25,26)/b18-4+. The van der Waals surface area contributed by atoms with E-state index in [0.717, 1.165) is 5.56 Å². The molecular formula is C22H21BrFN3O3. The Morgan fingerprint density at radius 2 is 2.00 bits per heavy atom. The molecule has 6 nitrogen and oxygen atoms in total. The largest absolute Gasteiger partial charge is 0.486 e. The zero-order chi connectivity index (χ0) is 21.8. The van der Waals surface area contributed by atoms with Crippen molar-refractivity contribution in [3.8, 4) is 0 Å². The Labute approximate surface area is 182 Å². The fraction of sp³-hybridized carbons (Fsp3) is 0.182. The molecule has 2 N–H and O–H groups in total. The summed E-state index contributed by atoms with van der Waals surface area (Å²) in [5.74, 6) is -0.794. The average molecular weight is 474 g/mol. The number of allylic oxidation sites excluding steroid dienone is 1. The minimum absolute atomic E-state index is 0.0105. The third-order valence-electron chi connectivity index (χ3n) is 4.35. The van der Waals surface area contributed by atoms with E-state index in [4.69, 9.17) is 15.2 Å². The van der Waals surface area contributed by atoms with Gasteiger partial charge in [0.15, 0.2) is 11.5 Å². The number of benzene rings is 2. The molecule has 0 radical (unpaired) electrons. The van der Waals surface area contributed by atoms with E-state index in [0.29, 0.717) is 21.3 Å². The van der Waals surface area contributed by atoms with Gasteiger partial charge in [-0.15, -0.1) is 0 Å². The number of hydrazone groups is 1. The second kappa shape index (κ2) is 9.13. The van der Waals surface area contributed by atoms with Crippen molar-refractivity contribution in [1.29, 1.82) is 0 Å². The predicted octanol–water partition coefficient (Wildman–Crippen LogP) is 4.62.